The van der Waals surface area contributed by atoms with Crippen LogP contribution in [0.4, 0.5) is 11.4 Å². The molecule has 0 radical (unpaired) electrons. The molecule has 4 aromatic carbocycles. The van der Waals surface area contributed by atoms with E-state index in [1.54, 1.807) is 66.7 Å². The third-order valence-electron chi connectivity index (χ3n) is 6.30. The Kier molecular flexibility index (Phi) is 9.66. The normalized spacial score (nSPS) is 11.4. The number of amides is 1. The third-order valence-corrected chi connectivity index (χ3v) is 8.09. The van der Waals surface area contributed by atoms with E-state index in [-0.39, 0.29) is 23.1 Å². The fourth-order valence-electron chi connectivity index (χ4n) is 3.94. The summed E-state index contributed by atoms with van der Waals surface area (Å²) in [6, 6.07) is 28.1. The minimum absolute atomic E-state index is 0.0142. The van der Waals surface area contributed by atoms with Gasteiger partial charge in [-0.15, -0.1) is 0 Å². The van der Waals surface area contributed by atoms with Gasteiger partial charge in [0.2, 0.25) is 0 Å². The Morgan fingerprint density at radius 1 is 0.952 bits per heavy atom. The first-order chi connectivity index (χ1) is 20.1. The number of carbonyl (C=O) groups excluding carboxylic acids is 1. The van der Waals surface area contributed by atoms with Gasteiger partial charge in [0.1, 0.15) is 18.9 Å². The highest BCUT2D eigenvalue weighted by atomic mass is 32.2. The summed E-state index contributed by atoms with van der Waals surface area (Å²) in [4.78, 5) is 23.2. The van der Waals surface area contributed by atoms with E-state index in [2.05, 4.69) is 10.5 Å². The molecule has 0 heterocycles. The summed E-state index contributed by atoms with van der Waals surface area (Å²) in [5, 5.41) is 14.8. The Balaban J connectivity index is 1.38. The second kappa shape index (κ2) is 13.6. The number of anilines is 1. The molecule has 0 bridgehead atoms. The molecule has 0 saturated carbocycles. The van der Waals surface area contributed by atoms with Gasteiger partial charge in [-0.1, -0.05) is 44.2 Å². The standard InChI is InChI=1S/C31H30N4O6S/c1-23(2)26-12-16-27(17-13-26)34(42(39,40)30-6-4-3-5-7-30)21-31(36)33-32-20-24-10-18-29(19-11-24)41-22-25-8-14-28(15-9-25)35(37)38/h3-20,23H,21-22H2,1-2H3,(H,33,36)/b32-20-. The minimum Gasteiger partial charge on any atom is -0.489 e. The second-order valence-electron chi connectivity index (χ2n) is 9.65. The highest BCUT2D eigenvalue weighted by Crippen LogP contribution is 2.26. The molecule has 42 heavy (non-hydrogen) atoms. The zero-order valence-electron chi connectivity index (χ0n) is 23.1. The number of rotatable bonds is 12. The van der Waals surface area contributed by atoms with E-state index in [9.17, 15) is 23.3 Å². The highest BCUT2D eigenvalue weighted by Gasteiger charge is 2.27. The maximum absolute atomic E-state index is 13.5. The number of ether oxygens (including phenoxy) is 1. The minimum atomic E-state index is -4.02. The molecular weight excluding hydrogens is 556 g/mol. The van der Waals surface area contributed by atoms with Crippen LogP contribution < -0.4 is 14.5 Å². The molecule has 10 nitrogen and oxygen atoms in total. The molecule has 0 unspecified atom stereocenters. The predicted octanol–water partition coefficient (Wildman–Crippen LogP) is 5.64. The number of sulfonamides is 1. The number of hydrogen-bond donors (Lipinski definition) is 1. The van der Waals surface area contributed by atoms with Crippen LogP contribution in [0, 0.1) is 10.1 Å². The molecule has 1 N–H and O–H groups in total. The summed E-state index contributed by atoms with van der Waals surface area (Å²) in [5.74, 6) is 0.244. The summed E-state index contributed by atoms with van der Waals surface area (Å²) in [6.07, 6.45) is 1.44. The van der Waals surface area contributed by atoms with Gasteiger partial charge in [0.15, 0.2) is 0 Å². The third kappa shape index (κ3) is 7.79. The lowest BCUT2D eigenvalue weighted by Crippen LogP contribution is -2.39. The van der Waals surface area contributed by atoms with Gasteiger partial charge in [0.25, 0.3) is 21.6 Å². The lowest BCUT2D eigenvalue weighted by atomic mass is 10.0. The summed E-state index contributed by atoms with van der Waals surface area (Å²) >= 11 is 0. The van der Waals surface area contributed by atoms with Crippen molar-refractivity contribution in [3.05, 3.63) is 130 Å². The topological polar surface area (TPSA) is 131 Å². The summed E-state index contributed by atoms with van der Waals surface area (Å²) < 4.78 is 33.7. The first-order valence-corrected chi connectivity index (χ1v) is 14.5. The molecule has 0 aliphatic heterocycles. The van der Waals surface area contributed by atoms with E-state index in [0.717, 1.165) is 15.4 Å². The largest absolute Gasteiger partial charge is 0.489 e. The molecule has 1 amide bonds. The molecule has 216 valence electrons. The van der Waals surface area contributed by atoms with E-state index in [0.29, 0.717) is 17.0 Å². The van der Waals surface area contributed by atoms with Gasteiger partial charge in [-0.05, 0) is 83.3 Å². The molecule has 0 aliphatic rings. The average Bonchev–Trinajstić information content (AvgIpc) is 3.00. The van der Waals surface area contributed by atoms with Crippen LogP contribution in [0.1, 0.15) is 36.5 Å². The first kappa shape index (κ1) is 29.9. The number of non-ortho nitro benzene ring substituents is 1. The van der Waals surface area contributed by atoms with Crippen molar-refractivity contribution in [1.82, 2.24) is 5.43 Å². The monoisotopic (exact) mass is 586 g/mol. The molecular formula is C31H30N4O6S. The van der Waals surface area contributed by atoms with Gasteiger partial charge in [0.05, 0.1) is 21.7 Å². The number of nitro groups is 1. The molecule has 11 heteroatoms. The fourth-order valence-corrected chi connectivity index (χ4v) is 5.38. The van der Waals surface area contributed by atoms with Crippen LogP contribution in [0.3, 0.4) is 0 Å². The van der Waals surface area contributed by atoms with Crippen molar-refractivity contribution in [2.24, 2.45) is 5.10 Å². The lowest BCUT2D eigenvalue weighted by molar-refractivity contribution is -0.384. The van der Waals surface area contributed by atoms with E-state index < -0.39 is 27.4 Å². The first-order valence-electron chi connectivity index (χ1n) is 13.1. The summed E-state index contributed by atoms with van der Waals surface area (Å²) in [6.45, 7) is 3.86. The quantitative estimate of drug-likeness (QED) is 0.130. The van der Waals surface area contributed by atoms with Crippen molar-refractivity contribution >= 4 is 33.5 Å². The van der Waals surface area contributed by atoms with Crippen molar-refractivity contribution in [2.75, 3.05) is 10.8 Å². The van der Waals surface area contributed by atoms with Crippen molar-refractivity contribution in [2.45, 2.75) is 31.3 Å². The molecule has 0 saturated heterocycles. The Labute approximate surface area is 244 Å². The molecule has 0 spiro atoms. The molecule has 0 aromatic heterocycles. The van der Waals surface area contributed by atoms with Crippen LogP contribution in [0.15, 0.2) is 113 Å². The Morgan fingerprint density at radius 3 is 2.19 bits per heavy atom. The van der Waals surface area contributed by atoms with Crippen LogP contribution >= 0.6 is 0 Å². The number of carbonyl (C=O) groups is 1. The van der Waals surface area contributed by atoms with Crippen LogP contribution in [-0.2, 0) is 21.4 Å². The van der Waals surface area contributed by atoms with E-state index in [4.69, 9.17) is 4.74 Å². The van der Waals surface area contributed by atoms with Crippen LogP contribution in [0.25, 0.3) is 0 Å². The van der Waals surface area contributed by atoms with Gasteiger partial charge in [0, 0.05) is 12.1 Å². The average molecular weight is 587 g/mol. The molecule has 0 aliphatic carbocycles. The van der Waals surface area contributed by atoms with Crippen LogP contribution in [0.5, 0.6) is 5.75 Å². The SMILES string of the molecule is CC(C)c1ccc(N(CC(=O)N/N=C\c2ccc(OCc3ccc([N+](=O)[O-])cc3)cc2)S(=O)(=O)c2ccccc2)cc1. The van der Waals surface area contributed by atoms with E-state index in [1.165, 1.54) is 30.5 Å². The van der Waals surface area contributed by atoms with Gasteiger partial charge in [-0.25, -0.2) is 13.8 Å². The highest BCUT2D eigenvalue weighted by molar-refractivity contribution is 7.92. The number of nitrogens with zero attached hydrogens (tertiary/aromatic N) is 3. The zero-order valence-corrected chi connectivity index (χ0v) is 23.9. The van der Waals surface area contributed by atoms with Crippen LogP contribution in [0.2, 0.25) is 0 Å². The summed E-state index contributed by atoms with van der Waals surface area (Å²) in [7, 11) is -4.02. The van der Waals surface area contributed by atoms with E-state index >= 15 is 0 Å². The van der Waals surface area contributed by atoms with Gasteiger partial charge in [-0.2, -0.15) is 5.10 Å². The molecule has 0 fully saturated rings. The molecule has 0 atom stereocenters. The number of benzene rings is 4. The Bertz CT molecular complexity index is 1640. The maximum atomic E-state index is 13.5. The second-order valence-corrected chi connectivity index (χ2v) is 11.5. The number of hydrazone groups is 1. The number of nitrogens with one attached hydrogen (secondary N) is 1. The maximum Gasteiger partial charge on any atom is 0.269 e. The number of nitro benzene ring substituents is 1. The van der Waals surface area contributed by atoms with Crippen LogP contribution in [-0.4, -0.2) is 32.0 Å². The van der Waals surface area contributed by atoms with E-state index in [1.807, 2.05) is 26.0 Å². The van der Waals surface area contributed by atoms with Crippen molar-refractivity contribution < 1.29 is 22.9 Å². The van der Waals surface area contributed by atoms with Gasteiger partial charge >= 0.3 is 0 Å². The van der Waals surface area contributed by atoms with Gasteiger partial charge in [-0.3, -0.25) is 19.2 Å². The van der Waals surface area contributed by atoms with Crippen molar-refractivity contribution in [1.29, 1.82) is 0 Å². The number of hydrogen-bond acceptors (Lipinski definition) is 7. The smallest absolute Gasteiger partial charge is 0.269 e. The van der Waals surface area contributed by atoms with Crippen molar-refractivity contribution in [3.8, 4) is 5.75 Å². The Morgan fingerprint density at radius 2 is 1.60 bits per heavy atom. The summed E-state index contributed by atoms with van der Waals surface area (Å²) in [5.41, 5.74) is 5.30. The molecule has 4 aromatic rings. The molecule has 4 rings (SSSR count). The predicted molar refractivity (Wildman–Crippen MR) is 161 cm³/mol. The Hall–Kier alpha value is -5.03. The van der Waals surface area contributed by atoms with Crippen molar-refractivity contribution in [3.63, 3.8) is 0 Å². The zero-order chi connectivity index (χ0) is 30.1. The van der Waals surface area contributed by atoms with Gasteiger partial charge < -0.3 is 4.74 Å². The lowest BCUT2D eigenvalue weighted by Gasteiger charge is -2.24. The fraction of sp³-hybridized carbons (Fsp3) is 0.161.